The third kappa shape index (κ3) is 9.04. The maximum absolute atomic E-state index is 13.9. The molecule has 1 amide bonds. The maximum atomic E-state index is 13.9. The monoisotopic (exact) mass is 650 g/mol. The van der Waals surface area contributed by atoms with Crippen molar-refractivity contribution >= 4 is 28.1 Å². The Hall–Kier alpha value is -3.49. The minimum atomic E-state index is -4.46. The van der Waals surface area contributed by atoms with E-state index in [4.69, 9.17) is 4.74 Å². The molecular formula is C32H41F3N4O5S. The Balaban J connectivity index is 1.58. The van der Waals surface area contributed by atoms with Gasteiger partial charge in [-0.25, -0.2) is 0 Å². The van der Waals surface area contributed by atoms with E-state index >= 15 is 0 Å². The molecule has 0 spiro atoms. The molecule has 0 unspecified atom stereocenters. The van der Waals surface area contributed by atoms with Gasteiger partial charge in [0.1, 0.15) is 5.69 Å². The van der Waals surface area contributed by atoms with Crippen LogP contribution < -0.4 is 25.0 Å². The summed E-state index contributed by atoms with van der Waals surface area (Å²) in [5.74, 6) is -0.159. The molecule has 4 rings (SSSR count). The Morgan fingerprint density at radius 3 is 2.44 bits per heavy atom. The lowest BCUT2D eigenvalue weighted by atomic mass is 10.00. The van der Waals surface area contributed by atoms with Gasteiger partial charge >= 0.3 is 6.18 Å². The summed E-state index contributed by atoms with van der Waals surface area (Å²) in [5.41, 5.74) is 1.62. The van der Waals surface area contributed by atoms with E-state index in [0.29, 0.717) is 36.4 Å². The first-order chi connectivity index (χ1) is 21.4. The fraction of sp³-hybridized carbons (Fsp3) is 0.406. The summed E-state index contributed by atoms with van der Waals surface area (Å²) in [4.78, 5) is 13.9. The lowest BCUT2D eigenvalue weighted by Crippen LogP contribution is -2.48. The topological polar surface area (TPSA) is 126 Å². The van der Waals surface area contributed by atoms with Crippen LogP contribution in [-0.2, 0) is 19.1 Å². The number of aliphatic hydroxyl groups excluding tert-OH is 1. The summed E-state index contributed by atoms with van der Waals surface area (Å²) < 4.78 is 68.3. The molecule has 0 radical (unpaired) electrons. The molecule has 3 aromatic carbocycles. The highest BCUT2D eigenvalue weighted by atomic mass is 32.3. The fourth-order valence-corrected chi connectivity index (χ4v) is 7.02. The number of hydrogen-bond donors (Lipinski definition) is 6. The number of carbonyl (C=O) groups excluding carboxylic acids is 1. The summed E-state index contributed by atoms with van der Waals surface area (Å²) in [6.07, 6.45) is -3.89. The van der Waals surface area contributed by atoms with Gasteiger partial charge in [0.05, 0.1) is 36.1 Å². The van der Waals surface area contributed by atoms with Crippen molar-refractivity contribution in [1.82, 2.24) is 10.6 Å². The van der Waals surface area contributed by atoms with Crippen molar-refractivity contribution < 1.29 is 36.9 Å². The third-order valence-corrected chi connectivity index (χ3v) is 9.49. The van der Waals surface area contributed by atoms with Crippen LogP contribution in [0, 0.1) is 0 Å². The Morgan fingerprint density at radius 2 is 1.78 bits per heavy atom. The maximum Gasteiger partial charge on any atom is 0.416 e. The second-order valence-corrected chi connectivity index (χ2v) is 13.0. The number of rotatable bonds is 13. The van der Waals surface area contributed by atoms with Gasteiger partial charge in [-0.3, -0.25) is 18.2 Å². The number of anilines is 2. The van der Waals surface area contributed by atoms with Crippen LogP contribution in [0.1, 0.15) is 46.8 Å². The smallest absolute Gasteiger partial charge is 0.416 e. The van der Waals surface area contributed by atoms with Crippen LogP contribution in [0.25, 0.3) is 0 Å². The second-order valence-electron chi connectivity index (χ2n) is 10.9. The zero-order valence-electron chi connectivity index (χ0n) is 25.3. The predicted octanol–water partition coefficient (Wildman–Crippen LogP) is 5.90. The molecule has 0 aromatic heterocycles. The minimum Gasteiger partial charge on any atom is -0.494 e. The highest BCUT2D eigenvalue weighted by Crippen LogP contribution is 2.53. The summed E-state index contributed by atoms with van der Waals surface area (Å²) in [6, 6.07) is 16.8. The van der Waals surface area contributed by atoms with Crippen molar-refractivity contribution in [3.05, 3.63) is 89.0 Å². The first-order valence-electron chi connectivity index (χ1n) is 14.8. The summed E-state index contributed by atoms with van der Waals surface area (Å²) in [5, 5.41) is 20.4. The molecule has 246 valence electrons. The molecule has 2 atom stereocenters. The number of nitrogens with one attached hydrogen (secondary N) is 3. The minimum absolute atomic E-state index is 0.0114. The molecule has 1 aliphatic heterocycles. The summed E-state index contributed by atoms with van der Waals surface area (Å²) in [6.45, 7) is 2.90. The third-order valence-electron chi connectivity index (χ3n) is 7.57. The van der Waals surface area contributed by atoms with Crippen molar-refractivity contribution in [1.29, 1.82) is 0 Å². The van der Waals surface area contributed by atoms with Crippen molar-refractivity contribution in [2.75, 3.05) is 42.1 Å². The number of benzene rings is 3. The zero-order chi connectivity index (χ0) is 32.6. The van der Waals surface area contributed by atoms with Crippen molar-refractivity contribution in [3.8, 4) is 5.75 Å². The van der Waals surface area contributed by atoms with Crippen molar-refractivity contribution in [2.24, 2.45) is 0 Å². The van der Waals surface area contributed by atoms with E-state index in [1.165, 1.54) is 17.5 Å². The highest BCUT2D eigenvalue weighted by Gasteiger charge is 2.33. The van der Waals surface area contributed by atoms with Crippen molar-refractivity contribution in [3.63, 3.8) is 0 Å². The van der Waals surface area contributed by atoms with E-state index in [-0.39, 0.29) is 36.6 Å². The average molecular weight is 651 g/mol. The molecule has 3 aromatic rings. The van der Waals surface area contributed by atoms with E-state index in [2.05, 4.69) is 16.0 Å². The molecule has 9 nitrogen and oxygen atoms in total. The van der Waals surface area contributed by atoms with Gasteiger partial charge < -0.3 is 25.8 Å². The van der Waals surface area contributed by atoms with E-state index < -0.39 is 40.6 Å². The van der Waals surface area contributed by atoms with E-state index in [1.807, 2.05) is 37.3 Å². The summed E-state index contributed by atoms with van der Waals surface area (Å²) >= 11 is 0. The van der Waals surface area contributed by atoms with E-state index in [1.54, 1.807) is 18.2 Å². The van der Waals surface area contributed by atoms with Gasteiger partial charge in [0.15, 0.2) is 5.75 Å². The molecule has 1 fully saturated rings. The highest BCUT2D eigenvalue weighted by molar-refractivity contribution is 8.25. The molecule has 6 N–H and O–H groups in total. The molecule has 13 heteroatoms. The number of nitrogens with zero attached hydrogens (tertiary/aromatic N) is 1. The van der Waals surface area contributed by atoms with Crippen LogP contribution >= 0.6 is 10.8 Å². The molecule has 45 heavy (non-hydrogen) atoms. The number of methoxy groups -OCH3 is 1. The van der Waals surface area contributed by atoms with Gasteiger partial charge in [-0.1, -0.05) is 48.5 Å². The Kier molecular flexibility index (Phi) is 11.6. The largest absolute Gasteiger partial charge is 0.494 e. The molecule has 0 bridgehead atoms. The van der Waals surface area contributed by atoms with Crippen molar-refractivity contribution in [2.45, 2.75) is 51.1 Å². The lowest BCUT2D eigenvalue weighted by Gasteiger charge is -2.47. The fourth-order valence-electron chi connectivity index (χ4n) is 5.34. The SMILES string of the molecule is CCNc1cc(C(=O)N[C@@H](Cc2ccccc2)[C@@H](O)CNCc2cccc(C(F)(F)F)c2)c(OC)c(N2CCCCS2(O)O)c1. The van der Waals surface area contributed by atoms with Gasteiger partial charge in [0, 0.05) is 31.9 Å². The Bertz CT molecular complexity index is 1430. The number of amides is 1. The lowest BCUT2D eigenvalue weighted by molar-refractivity contribution is -0.137. The summed E-state index contributed by atoms with van der Waals surface area (Å²) in [7, 11) is -1.71. The normalized spacial score (nSPS) is 16.8. The van der Waals surface area contributed by atoms with Gasteiger partial charge in [0.2, 0.25) is 0 Å². The first kappa shape index (κ1) is 34.4. The molecule has 0 saturated carbocycles. The van der Waals surface area contributed by atoms with Gasteiger partial charge in [-0.05, 0) is 55.5 Å². The van der Waals surface area contributed by atoms with Crippen LogP contribution in [0.15, 0.2) is 66.7 Å². The molecular weight excluding hydrogens is 609 g/mol. The first-order valence-corrected chi connectivity index (χ1v) is 16.5. The number of aliphatic hydroxyl groups is 1. The number of hydrogen-bond acceptors (Lipinski definition) is 8. The van der Waals surface area contributed by atoms with Gasteiger partial charge in [-0.2, -0.15) is 13.2 Å². The van der Waals surface area contributed by atoms with E-state index in [9.17, 15) is 32.2 Å². The standard InChI is InChI=1S/C32H41F3N4O5S/c1-3-37-25-18-26(30(44-2)28(19-25)39-14-7-8-15-45(39,42)43)31(41)38-27(17-22-10-5-4-6-11-22)29(40)21-36-20-23-12-9-13-24(16-23)32(33,34)35/h4-6,9-13,16,18-19,27,29,36-37,40,42-43H,3,7-8,14-15,17,20-21H2,1-2H3,(H,38,41)/t27-,29-/m0/s1. The second kappa shape index (κ2) is 15.2. The number of alkyl halides is 3. The molecule has 1 aliphatic rings. The Morgan fingerprint density at radius 1 is 1.04 bits per heavy atom. The van der Waals surface area contributed by atoms with Crippen LogP contribution in [0.5, 0.6) is 5.75 Å². The van der Waals surface area contributed by atoms with Gasteiger partial charge in [-0.15, -0.1) is 10.8 Å². The van der Waals surface area contributed by atoms with Crippen LogP contribution in [0.3, 0.4) is 0 Å². The number of ether oxygens (including phenoxy) is 1. The average Bonchev–Trinajstić information content (AvgIpc) is 3.00. The molecule has 0 aliphatic carbocycles. The Labute approximate surface area is 263 Å². The number of carbonyl (C=O) groups is 1. The molecule has 1 saturated heterocycles. The van der Waals surface area contributed by atoms with Gasteiger partial charge in [0.25, 0.3) is 5.91 Å². The quantitative estimate of drug-likeness (QED) is 0.135. The predicted molar refractivity (Wildman–Crippen MR) is 172 cm³/mol. The van der Waals surface area contributed by atoms with Crippen LogP contribution in [-0.4, -0.2) is 64.8 Å². The zero-order valence-corrected chi connectivity index (χ0v) is 26.1. The van der Waals surface area contributed by atoms with Crippen LogP contribution in [0.4, 0.5) is 24.5 Å². The molecule has 1 heterocycles. The number of halogens is 3. The van der Waals surface area contributed by atoms with E-state index in [0.717, 1.165) is 24.1 Å². The van der Waals surface area contributed by atoms with Crippen LogP contribution in [0.2, 0.25) is 0 Å².